The summed E-state index contributed by atoms with van der Waals surface area (Å²) in [5.41, 5.74) is 2.75. The van der Waals surface area contributed by atoms with Crippen LogP contribution in [0.15, 0.2) is 36.4 Å². The summed E-state index contributed by atoms with van der Waals surface area (Å²) in [5.74, 6) is 1.70. The molecule has 0 aliphatic heterocycles. The third kappa shape index (κ3) is 4.64. The van der Waals surface area contributed by atoms with Crippen molar-refractivity contribution in [3.63, 3.8) is 0 Å². The maximum absolute atomic E-state index is 11.3. The molecule has 172 valence electrons. The number of aromatic hydroxyl groups is 1. The lowest BCUT2D eigenvalue weighted by molar-refractivity contribution is 0.135. The number of thiocarbonyl (C=S) groups is 1. The first-order chi connectivity index (χ1) is 15.5. The minimum Gasteiger partial charge on any atom is -0.508 e. The minimum absolute atomic E-state index is 0.165. The highest BCUT2D eigenvalue weighted by Gasteiger charge is 2.37. The van der Waals surface area contributed by atoms with Gasteiger partial charge in [0, 0.05) is 35.3 Å². The fourth-order valence-corrected chi connectivity index (χ4v) is 5.43. The summed E-state index contributed by atoms with van der Waals surface area (Å²) in [6.07, 6.45) is 6.15. The minimum atomic E-state index is -0.669. The lowest BCUT2D eigenvalue weighted by Gasteiger charge is -2.41. The summed E-state index contributed by atoms with van der Waals surface area (Å²) < 4.78 is 11.2. The van der Waals surface area contributed by atoms with Crippen molar-refractivity contribution in [2.45, 2.75) is 63.1 Å². The zero-order valence-corrected chi connectivity index (χ0v) is 19.5. The molecule has 2 aliphatic carbocycles. The van der Waals surface area contributed by atoms with Gasteiger partial charge in [-0.2, -0.15) is 0 Å². The number of phenolic OH excluding ortho intramolecular Hbond substituents is 1. The van der Waals surface area contributed by atoms with Gasteiger partial charge in [-0.3, -0.25) is 0 Å². The van der Waals surface area contributed by atoms with Crippen LogP contribution in [0.4, 0.5) is 5.69 Å². The molecule has 0 radical (unpaired) electrons. The van der Waals surface area contributed by atoms with E-state index in [1.54, 1.807) is 32.4 Å². The average Bonchev–Trinajstić information content (AvgIpc) is 2.79. The van der Waals surface area contributed by atoms with E-state index >= 15 is 0 Å². The summed E-state index contributed by atoms with van der Waals surface area (Å²) in [4.78, 5) is 1.97. The van der Waals surface area contributed by atoms with E-state index < -0.39 is 6.10 Å². The number of fused-ring (bicyclic) bond motifs is 1. The molecule has 2 aromatic carbocycles. The Morgan fingerprint density at radius 1 is 1.00 bits per heavy atom. The van der Waals surface area contributed by atoms with Gasteiger partial charge in [0.25, 0.3) is 0 Å². The first kappa shape index (κ1) is 22.7. The molecule has 3 N–H and O–H groups in total. The number of hydrogen-bond acceptors (Lipinski definition) is 5. The number of methoxy groups -OCH3 is 2. The van der Waals surface area contributed by atoms with E-state index in [2.05, 4.69) is 5.32 Å². The van der Waals surface area contributed by atoms with Crippen LogP contribution in [0.25, 0.3) is 0 Å². The van der Waals surface area contributed by atoms with Crippen molar-refractivity contribution < 1.29 is 19.7 Å². The van der Waals surface area contributed by atoms with Crippen LogP contribution < -0.4 is 19.7 Å². The number of ether oxygens (including phenoxy) is 2. The van der Waals surface area contributed by atoms with Crippen molar-refractivity contribution in [3.8, 4) is 17.2 Å². The summed E-state index contributed by atoms with van der Waals surface area (Å²) in [7, 11) is 3.30. The molecule has 0 saturated heterocycles. The second-order valence-electron chi connectivity index (χ2n) is 8.64. The number of anilines is 1. The number of rotatable bonds is 5. The molecule has 0 heterocycles. The van der Waals surface area contributed by atoms with Gasteiger partial charge in [0.2, 0.25) is 0 Å². The zero-order chi connectivity index (χ0) is 22.7. The van der Waals surface area contributed by atoms with Gasteiger partial charge in [-0.05, 0) is 55.7 Å². The van der Waals surface area contributed by atoms with Crippen LogP contribution in [0.5, 0.6) is 17.2 Å². The van der Waals surface area contributed by atoms with Crippen molar-refractivity contribution in [3.05, 3.63) is 47.5 Å². The Kier molecular flexibility index (Phi) is 7.06. The van der Waals surface area contributed by atoms with Crippen molar-refractivity contribution in [1.29, 1.82) is 0 Å². The van der Waals surface area contributed by atoms with E-state index in [1.165, 1.54) is 19.3 Å². The third-order valence-electron chi connectivity index (χ3n) is 6.65. The van der Waals surface area contributed by atoms with Crippen molar-refractivity contribution >= 4 is 23.0 Å². The molecular weight excluding hydrogens is 424 g/mol. The molecule has 7 heteroatoms. The number of aliphatic hydroxyl groups is 1. The van der Waals surface area contributed by atoms with Crippen molar-refractivity contribution in [1.82, 2.24) is 5.32 Å². The summed E-state index contributed by atoms with van der Waals surface area (Å²) >= 11 is 5.89. The Labute approximate surface area is 195 Å². The van der Waals surface area contributed by atoms with Crippen LogP contribution in [0, 0.1) is 0 Å². The predicted octanol–water partition coefficient (Wildman–Crippen LogP) is 3.95. The Morgan fingerprint density at radius 3 is 2.28 bits per heavy atom. The number of hydrogen-bond donors (Lipinski definition) is 3. The van der Waals surface area contributed by atoms with Gasteiger partial charge in [-0.15, -0.1) is 0 Å². The molecule has 2 aromatic rings. The number of aliphatic hydroxyl groups excluding tert-OH is 1. The van der Waals surface area contributed by atoms with E-state index in [0.29, 0.717) is 24.0 Å². The quantitative estimate of drug-likeness (QED) is 0.588. The van der Waals surface area contributed by atoms with Crippen LogP contribution in [0.3, 0.4) is 0 Å². The van der Waals surface area contributed by atoms with Gasteiger partial charge in [-0.25, -0.2) is 0 Å². The molecule has 1 saturated carbocycles. The SMILES string of the molecule is COc1ccc(OC)c2c1CC(O)C(N(C(=S)NC1CCCCC1)c1cccc(O)c1)C2. The molecular formula is C25H32N2O4S. The van der Waals surface area contributed by atoms with Crippen LogP contribution in [-0.4, -0.2) is 47.7 Å². The van der Waals surface area contributed by atoms with Gasteiger partial charge in [0.05, 0.1) is 26.4 Å². The standard InChI is InChI=1S/C25H32N2O4S/c1-30-23-11-12-24(31-2)20-15-22(29)21(14-19(20)23)27(17-9-6-10-18(28)13-17)25(32)26-16-7-4-3-5-8-16/h6,9-13,16,21-22,28-29H,3-5,7-8,14-15H2,1-2H3,(H,26,32). The second kappa shape index (κ2) is 9.96. The van der Waals surface area contributed by atoms with Gasteiger partial charge in [0.15, 0.2) is 5.11 Å². The Hall–Kier alpha value is -2.51. The first-order valence-corrected chi connectivity index (χ1v) is 11.7. The molecule has 2 unspecified atom stereocenters. The summed E-state index contributed by atoms with van der Waals surface area (Å²) in [6, 6.07) is 10.9. The van der Waals surface area contributed by atoms with Gasteiger partial charge < -0.3 is 29.9 Å². The number of benzene rings is 2. The molecule has 4 rings (SSSR count). The topological polar surface area (TPSA) is 74.2 Å². The smallest absolute Gasteiger partial charge is 0.174 e. The fourth-order valence-electron chi connectivity index (χ4n) is 5.03. The molecule has 0 spiro atoms. The van der Waals surface area contributed by atoms with E-state index in [0.717, 1.165) is 41.2 Å². The largest absolute Gasteiger partial charge is 0.508 e. The number of phenols is 1. The highest BCUT2D eigenvalue weighted by molar-refractivity contribution is 7.80. The monoisotopic (exact) mass is 456 g/mol. The van der Waals surface area contributed by atoms with Crippen LogP contribution >= 0.6 is 12.2 Å². The molecule has 0 bridgehead atoms. The average molecular weight is 457 g/mol. The summed E-state index contributed by atoms with van der Waals surface area (Å²) in [6.45, 7) is 0. The Balaban J connectivity index is 1.70. The van der Waals surface area contributed by atoms with E-state index in [-0.39, 0.29) is 11.8 Å². The van der Waals surface area contributed by atoms with Gasteiger partial charge >= 0.3 is 0 Å². The zero-order valence-electron chi connectivity index (χ0n) is 18.7. The molecule has 32 heavy (non-hydrogen) atoms. The maximum atomic E-state index is 11.3. The van der Waals surface area contributed by atoms with E-state index in [4.69, 9.17) is 21.7 Å². The fraction of sp³-hybridized carbons (Fsp3) is 0.480. The second-order valence-corrected chi connectivity index (χ2v) is 9.03. The van der Waals surface area contributed by atoms with Gasteiger partial charge in [-0.1, -0.05) is 25.3 Å². The third-order valence-corrected chi connectivity index (χ3v) is 6.96. The highest BCUT2D eigenvalue weighted by atomic mass is 32.1. The molecule has 0 aromatic heterocycles. The lowest BCUT2D eigenvalue weighted by Crippen LogP contribution is -2.56. The van der Waals surface area contributed by atoms with E-state index in [1.807, 2.05) is 23.1 Å². The molecule has 6 nitrogen and oxygen atoms in total. The van der Waals surface area contributed by atoms with Crippen molar-refractivity contribution in [2.75, 3.05) is 19.1 Å². The lowest BCUT2D eigenvalue weighted by atomic mass is 9.84. The number of nitrogens with zero attached hydrogens (tertiary/aromatic N) is 1. The van der Waals surface area contributed by atoms with Crippen molar-refractivity contribution in [2.24, 2.45) is 0 Å². The first-order valence-electron chi connectivity index (χ1n) is 11.3. The highest BCUT2D eigenvalue weighted by Crippen LogP contribution is 2.39. The van der Waals surface area contributed by atoms with Crippen LogP contribution in [0.1, 0.15) is 43.2 Å². The Morgan fingerprint density at radius 2 is 1.66 bits per heavy atom. The summed E-state index contributed by atoms with van der Waals surface area (Å²) in [5, 5.41) is 25.5. The molecule has 2 atom stereocenters. The normalized spacial score (nSPS) is 20.8. The Bertz CT molecular complexity index is 961. The number of nitrogens with one attached hydrogen (secondary N) is 1. The van der Waals surface area contributed by atoms with E-state index in [9.17, 15) is 10.2 Å². The molecule has 1 fully saturated rings. The van der Waals surface area contributed by atoms with Crippen LogP contribution in [0.2, 0.25) is 0 Å². The van der Waals surface area contributed by atoms with Gasteiger partial charge in [0.1, 0.15) is 17.2 Å². The predicted molar refractivity (Wildman–Crippen MR) is 130 cm³/mol. The molecule has 0 amide bonds. The van der Waals surface area contributed by atoms with Crippen LogP contribution in [-0.2, 0) is 12.8 Å². The molecule has 2 aliphatic rings. The maximum Gasteiger partial charge on any atom is 0.174 e.